The van der Waals surface area contributed by atoms with Crippen LogP contribution in [0.4, 0.5) is 0 Å². The van der Waals surface area contributed by atoms with Crippen molar-refractivity contribution in [1.29, 1.82) is 0 Å². The van der Waals surface area contributed by atoms with Gasteiger partial charge in [-0.2, -0.15) is 0 Å². The Morgan fingerprint density at radius 1 is 1.42 bits per heavy atom. The van der Waals surface area contributed by atoms with Gasteiger partial charge in [0.2, 0.25) is 0 Å². The molecular weight excluding hydrogens is 152 g/mol. The van der Waals surface area contributed by atoms with Crippen LogP contribution in [0.25, 0.3) is 0 Å². The van der Waals surface area contributed by atoms with E-state index in [0.717, 1.165) is 18.4 Å². The van der Waals surface area contributed by atoms with E-state index < -0.39 is 0 Å². The van der Waals surface area contributed by atoms with Crippen molar-refractivity contribution in [3.63, 3.8) is 0 Å². The van der Waals surface area contributed by atoms with Crippen molar-refractivity contribution in [2.75, 3.05) is 7.11 Å². The minimum absolute atomic E-state index is 0.193. The maximum absolute atomic E-state index is 11.1. The first-order chi connectivity index (χ1) is 5.65. The van der Waals surface area contributed by atoms with Crippen molar-refractivity contribution in [1.82, 2.24) is 0 Å². The Hall–Kier alpha value is -1.05. The van der Waals surface area contributed by atoms with Gasteiger partial charge in [0.05, 0.1) is 7.11 Å². The fourth-order valence-electron chi connectivity index (χ4n) is 1.25. The van der Waals surface area contributed by atoms with Crippen LogP contribution in [0.2, 0.25) is 0 Å². The molecule has 0 fully saturated rings. The number of esters is 1. The van der Waals surface area contributed by atoms with E-state index in [0.29, 0.717) is 0 Å². The highest BCUT2D eigenvalue weighted by atomic mass is 16.5. The Morgan fingerprint density at radius 2 is 2.08 bits per heavy atom. The highest BCUT2D eigenvalue weighted by molar-refractivity contribution is 5.89. The van der Waals surface area contributed by atoms with E-state index in [1.807, 2.05) is 6.08 Å². The van der Waals surface area contributed by atoms with E-state index in [2.05, 4.69) is 18.6 Å². The van der Waals surface area contributed by atoms with E-state index in [9.17, 15) is 4.79 Å². The van der Waals surface area contributed by atoms with E-state index in [4.69, 9.17) is 0 Å². The first kappa shape index (κ1) is 9.04. The van der Waals surface area contributed by atoms with Gasteiger partial charge >= 0.3 is 5.97 Å². The first-order valence-electron chi connectivity index (χ1n) is 4.07. The van der Waals surface area contributed by atoms with Crippen LogP contribution in [0.3, 0.4) is 0 Å². The Morgan fingerprint density at radius 3 is 2.58 bits per heavy atom. The number of carbonyl (C=O) groups is 1. The summed E-state index contributed by atoms with van der Waals surface area (Å²) in [5.74, 6) is -0.193. The Kier molecular flexibility index (Phi) is 2.69. The molecule has 0 heterocycles. The van der Waals surface area contributed by atoms with Gasteiger partial charge in [0.1, 0.15) is 0 Å². The molecule has 1 aliphatic carbocycles. The van der Waals surface area contributed by atoms with Gasteiger partial charge in [0, 0.05) is 12.0 Å². The molecule has 1 aliphatic rings. The van der Waals surface area contributed by atoms with Crippen molar-refractivity contribution in [2.45, 2.75) is 26.7 Å². The van der Waals surface area contributed by atoms with Gasteiger partial charge in [-0.05, 0) is 20.3 Å². The molecule has 0 atom stereocenters. The molecule has 0 saturated heterocycles. The van der Waals surface area contributed by atoms with Crippen LogP contribution in [-0.2, 0) is 9.53 Å². The van der Waals surface area contributed by atoms with Gasteiger partial charge in [0.25, 0.3) is 0 Å². The lowest BCUT2D eigenvalue weighted by molar-refractivity contribution is -0.136. The normalized spacial score (nSPS) is 17.4. The van der Waals surface area contributed by atoms with Crippen LogP contribution in [0.5, 0.6) is 0 Å². The zero-order valence-corrected chi connectivity index (χ0v) is 7.81. The molecule has 66 valence electrons. The van der Waals surface area contributed by atoms with Crippen LogP contribution >= 0.6 is 0 Å². The van der Waals surface area contributed by atoms with E-state index in [-0.39, 0.29) is 5.97 Å². The minimum Gasteiger partial charge on any atom is -0.466 e. The lowest BCUT2D eigenvalue weighted by atomic mass is 9.94. The summed E-state index contributed by atoms with van der Waals surface area (Å²) >= 11 is 0. The van der Waals surface area contributed by atoms with Gasteiger partial charge in [-0.3, -0.25) is 0 Å². The molecule has 0 N–H and O–H groups in total. The molecule has 0 spiro atoms. The standard InChI is InChI=1S/C10H14O2/c1-7-4-5-9(6-8(7)2)10(11)12-3/h5H,4,6H2,1-3H3. The molecule has 2 heteroatoms. The fourth-order valence-corrected chi connectivity index (χ4v) is 1.25. The molecule has 2 nitrogen and oxygen atoms in total. The molecule has 0 aromatic carbocycles. The van der Waals surface area contributed by atoms with Gasteiger partial charge < -0.3 is 4.74 Å². The third-order valence-corrected chi connectivity index (χ3v) is 2.29. The number of ether oxygens (including phenoxy) is 1. The summed E-state index contributed by atoms with van der Waals surface area (Å²) in [5.41, 5.74) is 3.45. The van der Waals surface area contributed by atoms with Crippen molar-refractivity contribution in [2.24, 2.45) is 0 Å². The lowest BCUT2D eigenvalue weighted by Gasteiger charge is -2.14. The molecule has 0 amide bonds. The quantitative estimate of drug-likeness (QED) is 0.441. The molecule has 0 radical (unpaired) electrons. The second-order valence-electron chi connectivity index (χ2n) is 3.16. The number of carbonyl (C=O) groups excluding carboxylic acids is 1. The smallest absolute Gasteiger partial charge is 0.333 e. The molecule has 0 bridgehead atoms. The molecule has 0 aromatic rings. The second kappa shape index (κ2) is 3.57. The first-order valence-corrected chi connectivity index (χ1v) is 4.07. The second-order valence-corrected chi connectivity index (χ2v) is 3.16. The van der Waals surface area contributed by atoms with Crippen molar-refractivity contribution < 1.29 is 9.53 Å². The number of methoxy groups -OCH3 is 1. The summed E-state index contributed by atoms with van der Waals surface area (Å²) in [4.78, 5) is 11.1. The van der Waals surface area contributed by atoms with E-state index >= 15 is 0 Å². The average molecular weight is 166 g/mol. The van der Waals surface area contributed by atoms with Crippen molar-refractivity contribution >= 4 is 5.97 Å². The lowest BCUT2D eigenvalue weighted by Crippen LogP contribution is -2.08. The number of hydrogen-bond donors (Lipinski definition) is 0. The molecule has 1 rings (SSSR count). The fraction of sp³-hybridized carbons (Fsp3) is 0.500. The maximum atomic E-state index is 11.1. The number of allylic oxidation sites excluding steroid dienone is 3. The summed E-state index contributed by atoms with van der Waals surface area (Å²) in [7, 11) is 1.42. The summed E-state index contributed by atoms with van der Waals surface area (Å²) in [6, 6.07) is 0. The Labute approximate surface area is 72.9 Å². The summed E-state index contributed by atoms with van der Waals surface area (Å²) in [6.07, 6.45) is 3.59. The Balaban J connectivity index is 2.70. The topological polar surface area (TPSA) is 26.3 Å². The van der Waals surface area contributed by atoms with Gasteiger partial charge in [-0.1, -0.05) is 17.2 Å². The van der Waals surface area contributed by atoms with E-state index in [1.54, 1.807) is 0 Å². The summed E-state index contributed by atoms with van der Waals surface area (Å²) < 4.78 is 4.64. The number of rotatable bonds is 1. The number of hydrogen-bond acceptors (Lipinski definition) is 2. The van der Waals surface area contributed by atoms with Gasteiger partial charge in [0.15, 0.2) is 0 Å². The van der Waals surface area contributed by atoms with Crippen molar-refractivity contribution in [3.8, 4) is 0 Å². The van der Waals surface area contributed by atoms with Crippen LogP contribution in [0.1, 0.15) is 26.7 Å². The third kappa shape index (κ3) is 1.76. The molecule has 0 unspecified atom stereocenters. The molecule has 0 aromatic heterocycles. The largest absolute Gasteiger partial charge is 0.466 e. The van der Waals surface area contributed by atoms with Gasteiger partial charge in [-0.15, -0.1) is 0 Å². The van der Waals surface area contributed by atoms with Crippen LogP contribution in [-0.4, -0.2) is 13.1 Å². The summed E-state index contributed by atoms with van der Waals surface area (Å²) in [5, 5.41) is 0. The predicted molar refractivity (Wildman–Crippen MR) is 47.7 cm³/mol. The molecular formula is C10H14O2. The highest BCUT2D eigenvalue weighted by Crippen LogP contribution is 2.24. The SMILES string of the molecule is COC(=O)C1=CCC(C)=C(C)C1. The van der Waals surface area contributed by atoms with Gasteiger partial charge in [-0.25, -0.2) is 4.79 Å². The maximum Gasteiger partial charge on any atom is 0.333 e. The predicted octanol–water partition coefficient (Wildman–Crippen LogP) is 2.22. The average Bonchev–Trinajstić information content (AvgIpc) is 2.08. The third-order valence-electron chi connectivity index (χ3n) is 2.29. The zero-order valence-electron chi connectivity index (χ0n) is 7.81. The van der Waals surface area contributed by atoms with Crippen LogP contribution in [0, 0.1) is 0 Å². The van der Waals surface area contributed by atoms with Crippen LogP contribution in [0.15, 0.2) is 22.8 Å². The molecule has 0 aliphatic heterocycles. The summed E-state index contributed by atoms with van der Waals surface area (Å²) in [6.45, 7) is 4.16. The monoisotopic (exact) mass is 166 g/mol. The highest BCUT2D eigenvalue weighted by Gasteiger charge is 2.14. The van der Waals surface area contributed by atoms with E-state index in [1.165, 1.54) is 18.3 Å². The molecule has 0 saturated carbocycles. The van der Waals surface area contributed by atoms with Crippen LogP contribution < -0.4 is 0 Å². The van der Waals surface area contributed by atoms with Crippen molar-refractivity contribution in [3.05, 3.63) is 22.8 Å². The Bertz CT molecular complexity index is 259. The zero-order chi connectivity index (χ0) is 9.14. The minimum atomic E-state index is -0.193. The molecule has 12 heavy (non-hydrogen) atoms.